The highest BCUT2D eigenvalue weighted by molar-refractivity contribution is 5.76. The van der Waals surface area contributed by atoms with Crippen molar-refractivity contribution in [1.82, 2.24) is 15.1 Å². The molecular formula is C24H25F3N4O3. The van der Waals surface area contributed by atoms with Crippen molar-refractivity contribution in [3.05, 3.63) is 60.0 Å². The fourth-order valence-electron chi connectivity index (χ4n) is 4.51. The smallest absolute Gasteiger partial charge is 0.416 e. The molecule has 2 unspecified atom stereocenters. The first kappa shape index (κ1) is 23.6. The maximum Gasteiger partial charge on any atom is 0.416 e. The normalized spacial score (nSPS) is 18.8. The number of nitrogens with one attached hydrogen (secondary N) is 1. The molecule has 1 amide bonds. The van der Waals surface area contributed by atoms with Crippen molar-refractivity contribution in [2.75, 3.05) is 11.9 Å². The molecule has 0 spiro atoms. The molecule has 1 aromatic heterocycles. The third-order valence-corrected chi connectivity index (χ3v) is 5.94. The Hall–Kier alpha value is -3.56. The van der Waals surface area contributed by atoms with Gasteiger partial charge in [0.15, 0.2) is 0 Å². The molecule has 4 rings (SSSR count). The highest BCUT2D eigenvalue weighted by Crippen LogP contribution is 2.43. The number of likely N-dealkylation sites (tertiary alicyclic amines) is 1. The Balaban J connectivity index is 1.61. The van der Waals surface area contributed by atoms with Gasteiger partial charge in [-0.2, -0.15) is 13.2 Å². The number of carbonyl (C=O) groups is 1. The van der Waals surface area contributed by atoms with E-state index in [2.05, 4.69) is 15.5 Å². The SMILES string of the molecule is CC(C)(C)C1C(c2nnc(-c3ccccc3Nc3ccc(C(F)(F)F)cc3)o2)CCN1C(=O)O. The lowest BCUT2D eigenvalue weighted by atomic mass is 9.79. The van der Waals surface area contributed by atoms with E-state index in [1.54, 1.807) is 24.3 Å². The number of benzene rings is 2. The van der Waals surface area contributed by atoms with Crippen molar-refractivity contribution in [1.29, 1.82) is 0 Å². The summed E-state index contributed by atoms with van der Waals surface area (Å²) in [6.07, 6.45) is -4.81. The average molecular weight is 474 g/mol. The van der Waals surface area contributed by atoms with Crippen LogP contribution in [0.3, 0.4) is 0 Å². The molecule has 1 aliphatic heterocycles. The van der Waals surface area contributed by atoms with Gasteiger partial charge in [0.1, 0.15) is 0 Å². The lowest BCUT2D eigenvalue weighted by Gasteiger charge is -2.35. The predicted octanol–water partition coefficient (Wildman–Crippen LogP) is 6.38. The molecule has 1 fully saturated rings. The summed E-state index contributed by atoms with van der Waals surface area (Å²) in [7, 11) is 0. The Kier molecular flexibility index (Phi) is 6.01. The number of hydrogen-bond acceptors (Lipinski definition) is 5. The summed E-state index contributed by atoms with van der Waals surface area (Å²) in [5.41, 5.74) is 0.579. The van der Waals surface area contributed by atoms with Gasteiger partial charge in [0, 0.05) is 12.2 Å². The summed E-state index contributed by atoms with van der Waals surface area (Å²) in [6.45, 7) is 6.32. The lowest BCUT2D eigenvalue weighted by Crippen LogP contribution is -2.44. The summed E-state index contributed by atoms with van der Waals surface area (Å²) < 4.78 is 44.6. The second kappa shape index (κ2) is 8.66. The predicted molar refractivity (Wildman–Crippen MR) is 120 cm³/mol. The van der Waals surface area contributed by atoms with E-state index in [1.165, 1.54) is 17.0 Å². The van der Waals surface area contributed by atoms with Crippen molar-refractivity contribution in [2.24, 2.45) is 5.41 Å². The molecule has 7 nitrogen and oxygen atoms in total. The van der Waals surface area contributed by atoms with Gasteiger partial charge in [-0.05, 0) is 48.2 Å². The van der Waals surface area contributed by atoms with Crippen molar-refractivity contribution in [3.63, 3.8) is 0 Å². The molecule has 0 saturated carbocycles. The number of hydrogen-bond donors (Lipinski definition) is 2. The summed E-state index contributed by atoms with van der Waals surface area (Å²) in [5, 5.41) is 21.1. The zero-order valence-electron chi connectivity index (χ0n) is 18.9. The maximum atomic E-state index is 12.8. The number of anilines is 2. The van der Waals surface area contributed by atoms with E-state index in [4.69, 9.17) is 4.42 Å². The van der Waals surface area contributed by atoms with Gasteiger partial charge in [0.05, 0.1) is 28.8 Å². The molecule has 2 heterocycles. The first-order valence-electron chi connectivity index (χ1n) is 10.8. The number of halogens is 3. The Morgan fingerprint density at radius 2 is 1.76 bits per heavy atom. The molecular weight excluding hydrogens is 449 g/mol. The van der Waals surface area contributed by atoms with Crippen LogP contribution in [-0.2, 0) is 6.18 Å². The van der Waals surface area contributed by atoms with Crippen LogP contribution in [0.25, 0.3) is 11.5 Å². The van der Waals surface area contributed by atoms with Gasteiger partial charge >= 0.3 is 12.3 Å². The average Bonchev–Trinajstić information content (AvgIpc) is 3.41. The lowest BCUT2D eigenvalue weighted by molar-refractivity contribution is -0.137. The first-order chi connectivity index (χ1) is 15.9. The minimum Gasteiger partial charge on any atom is -0.465 e. The fraction of sp³-hybridized carbons (Fsp3) is 0.375. The summed E-state index contributed by atoms with van der Waals surface area (Å²) in [5.74, 6) is 0.363. The van der Waals surface area contributed by atoms with Crippen molar-refractivity contribution < 1.29 is 27.5 Å². The molecule has 1 aliphatic rings. The van der Waals surface area contributed by atoms with E-state index in [9.17, 15) is 23.1 Å². The minimum absolute atomic E-state index is 0.242. The zero-order chi connectivity index (χ0) is 24.7. The number of rotatable bonds is 4. The topological polar surface area (TPSA) is 91.5 Å². The Morgan fingerprint density at radius 1 is 1.09 bits per heavy atom. The van der Waals surface area contributed by atoms with Gasteiger partial charge in [0.25, 0.3) is 0 Å². The van der Waals surface area contributed by atoms with Gasteiger partial charge in [-0.25, -0.2) is 4.79 Å². The number of alkyl halides is 3. The van der Waals surface area contributed by atoms with Crippen molar-refractivity contribution in [3.8, 4) is 11.5 Å². The van der Waals surface area contributed by atoms with E-state index in [1.807, 2.05) is 20.8 Å². The Labute approximate surface area is 194 Å². The Bertz CT molecular complexity index is 1170. The van der Waals surface area contributed by atoms with Crippen LogP contribution in [-0.4, -0.2) is 38.9 Å². The van der Waals surface area contributed by atoms with Crippen LogP contribution >= 0.6 is 0 Å². The van der Waals surface area contributed by atoms with Crippen LogP contribution in [0.2, 0.25) is 0 Å². The van der Waals surface area contributed by atoms with Gasteiger partial charge < -0.3 is 19.7 Å². The third kappa shape index (κ3) is 4.71. The number of nitrogens with zero attached hydrogens (tertiary/aromatic N) is 3. The molecule has 10 heteroatoms. The van der Waals surface area contributed by atoms with E-state index < -0.39 is 17.8 Å². The molecule has 2 aromatic carbocycles. The van der Waals surface area contributed by atoms with Crippen LogP contribution in [0.15, 0.2) is 52.9 Å². The highest BCUT2D eigenvalue weighted by atomic mass is 19.4. The Morgan fingerprint density at radius 3 is 2.38 bits per heavy atom. The van der Waals surface area contributed by atoms with E-state index in [0.29, 0.717) is 35.8 Å². The molecule has 0 aliphatic carbocycles. The van der Waals surface area contributed by atoms with Crippen LogP contribution in [0.5, 0.6) is 0 Å². The van der Waals surface area contributed by atoms with Gasteiger partial charge in [-0.1, -0.05) is 32.9 Å². The van der Waals surface area contributed by atoms with Gasteiger partial charge in [-0.15, -0.1) is 10.2 Å². The van der Waals surface area contributed by atoms with Crippen LogP contribution in [0.1, 0.15) is 44.6 Å². The van der Waals surface area contributed by atoms with Crippen LogP contribution < -0.4 is 5.32 Å². The van der Waals surface area contributed by atoms with E-state index in [-0.39, 0.29) is 23.3 Å². The fourth-order valence-corrected chi connectivity index (χ4v) is 4.51. The summed E-state index contributed by atoms with van der Waals surface area (Å²) >= 11 is 0. The number of para-hydroxylation sites is 1. The molecule has 0 radical (unpaired) electrons. The molecule has 3 aromatic rings. The highest BCUT2D eigenvalue weighted by Gasteiger charge is 2.47. The molecule has 1 saturated heterocycles. The third-order valence-electron chi connectivity index (χ3n) is 5.94. The van der Waals surface area contributed by atoms with Crippen molar-refractivity contribution in [2.45, 2.75) is 45.3 Å². The first-order valence-corrected chi connectivity index (χ1v) is 10.8. The number of aromatic nitrogens is 2. The standard InChI is InChI=1S/C24H25F3N4O3/c1-23(2,3)19-17(12-13-31(19)22(32)33)21-30-29-20(34-21)16-6-4-5-7-18(16)28-15-10-8-14(9-11-15)24(25,26)27/h4-11,17,19,28H,12-13H2,1-3H3,(H,32,33). The van der Waals surface area contributed by atoms with Crippen LogP contribution in [0.4, 0.5) is 29.3 Å². The number of amides is 1. The second-order valence-corrected chi connectivity index (χ2v) is 9.37. The maximum absolute atomic E-state index is 12.8. The monoisotopic (exact) mass is 474 g/mol. The molecule has 0 bridgehead atoms. The summed E-state index contributed by atoms with van der Waals surface area (Å²) in [4.78, 5) is 13.2. The minimum atomic E-state index is -4.40. The van der Waals surface area contributed by atoms with E-state index in [0.717, 1.165) is 12.1 Å². The van der Waals surface area contributed by atoms with E-state index >= 15 is 0 Å². The quantitative estimate of drug-likeness (QED) is 0.456. The van der Waals surface area contributed by atoms with Gasteiger partial charge in [-0.3, -0.25) is 0 Å². The molecule has 180 valence electrons. The summed E-state index contributed by atoms with van der Waals surface area (Å²) in [6, 6.07) is 11.5. The second-order valence-electron chi connectivity index (χ2n) is 9.37. The largest absolute Gasteiger partial charge is 0.465 e. The molecule has 2 N–H and O–H groups in total. The van der Waals surface area contributed by atoms with Crippen molar-refractivity contribution >= 4 is 17.5 Å². The number of carboxylic acid groups (broad SMARTS) is 1. The van der Waals surface area contributed by atoms with Crippen LogP contribution in [0, 0.1) is 5.41 Å². The zero-order valence-corrected chi connectivity index (χ0v) is 18.9. The molecule has 34 heavy (non-hydrogen) atoms. The molecule has 2 atom stereocenters. The van der Waals surface area contributed by atoms with Gasteiger partial charge in [0.2, 0.25) is 11.8 Å².